The maximum atomic E-state index is 10.7. The molecular formula is C13H19NO4. The molecule has 0 fully saturated rings. The van der Waals surface area contributed by atoms with Crippen LogP contribution in [-0.2, 0) is 4.79 Å². The topological polar surface area (TPSA) is 78.8 Å². The number of amides is 1. The van der Waals surface area contributed by atoms with Gasteiger partial charge < -0.3 is 20.3 Å². The minimum absolute atomic E-state index is 0.00929. The van der Waals surface area contributed by atoms with E-state index in [1.165, 1.54) is 6.92 Å². The number of ether oxygens (including phenoxy) is 1. The highest BCUT2D eigenvalue weighted by molar-refractivity contribution is 5.72. The molecule has 18 heavy (non-hydrogen) atoms. The van der Waals surface area contributed by atoms with E-state index in [9.17, 15) is 15.0 Å². The van der Waals surface area contributed by atoms with Gasteiger partial charge in [0.2, 0.25) is 5.91 Å². The molecule has 5 nitrogen and oxygen atoms in total. The molecule has 3 N–H and O–H groups in total. The lowest BCUT2D eigenvalue weighted by Crippen LogP contribution is -2.34. The van der Waals surface area contributed by atoms with Gasteiger partial charge in [0.15, 0.2) is 0 Å². The van der Waals surface area contributed by atoms with Crippen LogP contribution in [0.3, 0.4) is 0 Å². The molecule has 1 rings (SSSR count). The van der Waals surface area contributed by atoms with Gasteiger partial charge in [-0.2, -0.15) is 0 Å². The van der Waals surface area contributed by atoms with Crippen LogP contribution in [0, 0.1) is 0 Å². The van der Waals surface area contributed by atoms with E-state index in [1.54, 1.807) is 24.3 Å². The average Bonchev–Trinajstić information content (AvgIpc) is 2.35. The summed E-state index contributed by atoms with van der Waals surface area (Å²) in [6.45, 7) is 3.77. The molecule has 0 saturated carbocycles. The van der Waals surface area contributed by atoms with Gasteiger partial charge in [0, 0.05) is 13.5 Å². The molecule has 0 radical (unpaired) electrons. The van der Waals surface area contributed by atoms with Crippen molar-refractivity contribution in [3.8, 4) is 5.75 Å². The molecule has 0 aromatic heterocycles. The zero-order valence-corrected chi connectivity index (χ0v) is 10.6. The molecule has 1 aromatic carbocycles. The molecule has 0 spiro atoms. The summed E-state index contributed by atoms with van der Waals surface area (Å²) < 4.78 is 5.31. The fraction of sp³-hybridized carbons (Fsp3) is 0.462. The van der Waals surface area contributed by atoms with E-state index < -0.39 is 12.2 Å². The molecule has 2 atom stereocenters. The van der Waals surface area contributed by atoms with E-state index in [0.717, 1.165) is 0 Å². The van der Waals surface area contributed by atoms with Gasteiger partial charge in [-0.3, -0.25) is 4.79 Å². The summed E-state index contributed by atoms with van der Waals surface area (Å²) in [6.07, 6.45) is -2.11. The second kappa shape index (κ2) is 6.98. The van der Waals surface area contributed by atoms with Crippen molar-refractivity contribution in [3.63, 3.8) is 0 Å². The summed E-state index contributed by atoms with van der Waals surface area (Å²) in [6, 6.07) is 6.89. The summed E-state index contributed by atoms with van der Waals surface area (Å²) >= 11 is 0. The van der Waals surface area contributed by atoms with Gasteiger partial charge in [0.05, 0.1) is 6.61 Å². The lowest BCUT2D eigenvalue weighted by atomic mass is 10.0. The van der Waals surface area contributed by atoms with Crippen LogP contribution in [0.25, 0.3) is 0 Å². The molecule has 0 bridgehead atoms. The molecule has 5 heteroatoms. The van der Waals surface area contributed by atoms with Crippen LogP contribution >= 0.6 is 0 Å². The highest BCUT2D eigenvalue weighted by Crippen LogP contribution is 2.21. The maximum absolute atomic E-state index is 10.7. The van der Waals surface area contributed by atoms with E-state index in [0.29, 0.717) is 17.9 Å². The highest BCUT2D eigenvalue weighted by atomic mass is 16.5. The van der Waals surface area contributed by atoms with Crippen LogP contribution in [0.15, 0.2) is 24.3 Å². The number of hydrogen-bond donors (Lipinski definition) is 3. The Hall–Kier alpha value is -1.59. The standard InChI is InChI=1S/C13H19NO4/c1-3-18-11-6-4-5-10(7-11)13(17)12(16)8-14-9(2)15/h4-7,12-13,16-17H,3,8H2,1-2H3,(H,14,15). The van der Waals surface area contributed by atoms with Crippen LogP contribution in [-0.4, -0.2) is 35.4 Å². The summed E-state index contributed by atoms with van der Waals surface area (Å²) in [5.74, 6) is 0.394. The third-order valence-corrected chi connectivity index (χ3v) is 2.44. The third kappa shape index (κ3) is 4.35. The Labute approximate surface area is 106 Å². The van der Waals surface area contributed by atoms with Crippen LogP contribution in [0.4, 0.5) is 0 Å². The number of carbonyl (C=O) groups excluding carboxylic acids is 1. The molecule has 0 saturated heterocycles. The largest absolute Gasteiger partial charge is 0.494 e. The minimum atomic E-state index is -1.06. The van der Waals surface area contributed by atoms with Crippen molar-refractivity contribution in [2.75, 3.05) is 13.2 Å². The number of carbonyl (C=O) groups is 1. The first-order valence-electron chi connectivity index (χ1n) is 5.88. The number of aliphatic hydroxyl groups is 2. The lowest BCUT2D eigenvalue weighted by Gasteiger charge is -2.18. The predicted octanol–water partition coefficient (Wildman–Crippen LogP) is 0.616. The summed E-state index contributed by atoms with van der Waals surface area (Å²) in [5, 5.41) is 22.1. The normalized spacial score (nSPS) is 13.8. The average molecular weight is 253 g/mol. The fourth-order valence-corrected chi connectivity index (χ4v) is 1.54. The van der Waals surface area contributed by atoms with Gasteiger partial charge >= 0.3 is 0 Å². The molecule has 0 aliphatic rings. The molecule has 100 valence electrons. The number of benzene rings is 1. The number of nitrogens with one attached hydrogen (secondary N) is 1. The zero-order chi connectivity index (χ0) is 13.5. The van der Waals surface area contributed by atoms with Gasteiger partial charge in [-0.05, 0) is 24.6 Å². The van der Waals surface area contributed by atoms with Gasteiger partial charge in [-0.15, -0.1) is 0 Å². The SMILES string of the molecule is CCOc1cccc(C(O)C(O)CNC(C)=O)c1. The van der Waals surface area contributed by atoms with Crippen molar-refractivity contribution < 1.29 is 19.7 Å². The predicted molar refractivity (Wildman–Crippen MR) is 67.3 cm³/mol. The first-order valence-corrected chi connectivity index (χ1v) is 5.88. The monoisotopic (exact) mass is 253 g/mol. The van der Waals surface area contributed by atoms with Crippen molar-refractivity contribution >= 4 is 5.91 Å². The van der Waals surface area contributed by atoms with Gasteiger partial charge in [-0.1, -0.05) is 12.1 Å². The molecular weight excluding hydrogens is 234 g/mol. The number of aliphatic hydroxyl groups excluding tert-OH is 2. The van der Waals surface area contributed by atoms with Crippen LogP contribution in [0.5, 0.6) is 5.75 Å². The summed E-state index contributed by atoms with van der Waals surface area (Å²) in [5.41, 5.74) is 0.554. The Morgan fingerprint density at radius 2 is 2.17 bits per heavy atom. The van der Waals surface area contributed by atoms with Crippen molar-refractivity contribution in [3.05, 3.63) is 29.8 Å². The quantitative estimate of drug-likeness (QED) is 0.694. The molecule has 0 heterocycles. The maximum Gasteiger partial charge on any atom is 0.216 e. The Morgan fingerprint density at radius 3 is 2.78 bits per heavy atom. The second-order valence-corrected chi connectivity index (χ2v) is 3.95. The molecule has 1 aromatic rings. The lowest BCUT2D eigenvalue weighted by molar-refractivity contribution is -0.119. The molecule has 0 aliphatic heterocycles. The van der Waals surface area contributed by atoms with E-state index >= 15 is 0 Å². The van der Waals surface area contributed by atoms with Gasteiger partial charge in [0.1, 0.15) is 18.0 Å². The van der Waals surface area contributed by atoms with Gasteiger partial charge in [0.25, 0.3) is 0 Å². The Morgan fingerprint density at radius 1 is 1.44 bits per heavy atom. The van der Waals surface area contributed by atoms with Crippen LogP contribution in [0.1, 0.15) is 25.5 Å². The Balaban J connectivity index is 2.67. The third-order valence-electron chi connectivity index (χ3n) is 2.44. The molecule has 1 amide bonds. The van der Waals surface area contributed by atoms with Crippen LogP contribution in [0.2, 0.25) is 0 Å². The van der Waals surface area contributed by atoms with E-state index in [2.05, 4.69) is 5.32 Å². The first-order chi connectivity index (χ1) is 8.54. The summed E-state index contributed by atoms with van der Waals surface area (Å²) in [4.78, 5) is 10.7. The van der Waals surface area contributed by atoms with Crippen molar-refractivity contribution in [1.82, 2.24) is 5.32 Å². The Bertz CT molecular complexity index is 394. The van der Waals surface area contributed by atoms with Crippen molar-refractivity contribution in [2.45, 2.75) is 26.1 Å². The minimum Gasteiger partial charge on any atom is -0.494 e. The first kappa shape index (κ1) is 14.5. The van der Waals surface area contributed by atoms with Crippen LogP contribution < -0.4 is 10.1 Å². The fourth-order valence-electron chi connectivity index (χ4n) is 1.54. The highest BCUT2D eigenvalue weighted by Gasteiger charge is 2.18. The Kier molecular flexibility index (Phi) is 5.61. The molecule has 2 unspecified atom stereocenters. The number of rotatable bonds is 6. The number of hydrogen-bond acceptors (Lipinski definition) is 4. The second-order valence-electron chi connectivity index (χ2n) is 3.95. The van der Waals surface area contributed by atoms with Crippen molar-refractivity contribution in [1.29, 1.82) is 0 Å². The van der Waals surface area contributed by atoms with E-state index in [1.807, 2.05) is 6.92 Å². The smallest absolute Gasteiger partial charge is 0.216 e. The van der Waals surface area contributed by atoms with Crippen molar-refractivity contribution in [2.24, 2.45) is 0 Å². The zero-order valence-electron chi connectivity index (χ0n) is 10.6. The van der Waals surface area contributed by atoms with E-state index in [-0.39, 0.29) is 12.5 Å². The summed E-state index contributed by atoms with van der Waals surface area (Å²) in [7, 11) is 0. The molecule has 0 aliphatic carbocycles. The van der Waals surface area contributed by atoms with E-state index in [4.69, 9.17) is 4.74 Å². The van der Waals surface area contributed by atoms with Gasteiger partial charge in [-0.25, -0.2) is 0 Å².